The molecular formula is C21H22N4O2S. The minimum atomic E-state index is -0.374. The van der Waals surface area contributed by atoms with Gasteiger partial charge in [-0.2, -0.15) is 0 Å². The summed E-state index contributed by atoms with van der Waals surface area (Å²) in [5.41, 5.74) is 1.61. The first-order chi connectivity index (χ1) is 13.6. The Kier molecular flexibility index (Phi) is 6.49. The number of carbonyl (C=O) groups excluding carboxylic acids is 1. The first-order valence-corrected chi connectivity index (χ1v) is 9.72. The molecular weight excluding hydrogens is 372 g/mol. The average molecular weight is 395 g/mol. The smallest absolute Gasteiger partial charge is 0.237 e. The van der Waals surface area contributed by atoms with Gasteiger partial charge in [0.05, 0.1) is 18.0 Å². The van der Waals surface area contributed by atoms with Crippen LogP contribution in [0.5, 0.6) is 5.75 Å². The molecule has 0 aliphatic carbocycles. The van der Waals surface area contributed by atoms with Crippen LogP contribution in [0.25, 0.3) is 11.4 Å². The van der Waals surface area contributed by atoms with Crippen molar-refractivity contribution in [3.8, 4) is 17.1 Å². The molecule has 7 heteroatoms. The van der Waals surface area contributed by atoms with Gasteiger partial charge in [0, 0.05) is 12.1 Å². The van der Waals surface area contributed by atoms with Crippen LogP contribution in [0.15, 0.2) is 72.4 Å². The van der Waals surface area contributed by atoms with Crippen LogP contribution < -0.4 is 10.1 Å². The third-order valence-corrected chi connectivity index (χ3v) is 5.16. The molecule has 0 unspecified atom stereocenters. The highest BCUT2D eigenvalue weighted by Crippen LogP contribution is 2.29. The summed E-state index contributed by atoms with van der Waals surface area (Å²) in [4.78, 5) is 12.7. The van der Waals surface area contributed by atoms with Gasteiger partial charge in [-0.3, -0.25) is 9.36 Å². The number of allylic oxidation sites excluding steroid dienone is 1. The molecule has 0 bridgehead atoms. The molecule has 1 atom stereocenters. The van der Waals surface area contributed by atoms with Crippen LogP contribution in [0, 0.1) is 0 Å². The number of anilines is 1. The number of thioether (sulfide) groups is 1. The molecule has 0 spiro atoms. The van der Waals surface area contributed by atoms with E-state index in [4.69, 9.17) is 4.74 Å². The van der Waals surface area contributed by atoms with Gasteiger partial charge in [-0.1, -0.05) is 60.3 Å². The van der Waals surface area contributed by atoms with Gasteiger partial charge >= 0.3 is 0 Å². The molecule has 1 N–H and O–H groups in total. The average Bonchev–Trinajstić information content (AvgIpc) is 3.11. The van der Waals surface area contributed by atoms with Crippen molar-refractivity contribution in [2.24, 2.45) is 0 Å². The van der Waals surface area contributed by atoms with Gasteiger partial charge in [0.1, 0.15) is 5.75 Å². The number of hydrogen-bond acceptors (Lipinski definition) is 5. The summed E-state index contributed by atoms with van der Waals surface area (Å²) in [6.07, 6.45) is 1.79. The third-order valence-electron chi connectivity index (χ3n) is 4.08. The molecule has 2 aromatic carbocycles. The number of ether oxygens (including phenoxy) is 1. The molecule has 3 aromatic rings. The van der Waals surface area contributed by atoms with Gasteiger partial charge < -0.3 is 10.1 Å². The standard InChI is InChI=1S/C21H22N4O2S/c1-4-14-25-19(16-10-6-5-7-11-16)23-24-21(25)28-15(2)20(26)22-17-12-8-9-13-18(17)27-3/h4-13,15H,1,14H2,2-3H3,(H,22,26)/t15-/m0/s1. The van der Waals surface area contributed by atoms with Crippen LogP contribution >= 0.6 is 11.8 Å². The van der Waals surface area contributed by atoms with Crippen molar-refractivity contribution in [1.29, 1.82) is 0 Å². The van der Waals surface area contributed by atoms with Crippen LogP contribution in [-0.4, -0.2) is 33.0 Å². The maximum Gasteiger partial charge on any atom is 0.237 e. The largest absolute Gasteiger partial charge is 0.495 e. The Bertz CT molecular complexity index is 956. The van der Waals surface area contributed by atoms with Crippen molar-refractivity contribution in [1.82, 2.24) is 14.8 Å². The highest BCUT2D eigenvalue weighted by molar-refractivity contribution is 8.00. The minimum Gasteiger partial charge on any atom is -0.495 e. The number of nitrogens with one attached hydrogen (secondary N) is 1. The van der Waals surface area contributed by atoms with E-state index in [1.807, 2.05) is 60.0 Å². The fourth-order valence-corrected chi connectivity index (χ4v) is 3.52. The van der Waals surface area contributed by atoms with Crippen LogP contribution in [0.4, 0.5) is 5.69 Å². The summed E-state index contributed by atoms with van der Waals surface area (Å²) in [6, 6.07) is 17.2. The summed E-state index contributed by atoms with van der Waals surface area (Å²) >= 11 is 1.36. The minimum absolute atomic E-state index is 0.135. The Morgan fingerprint density at radius 2 is 1.93 bits per heavy atom. The number of methoxy groups -OCH3 is 1. The number of benzene rings is 2. The number of hydrogen-bond donors (Lipinski definition) is 1. The Morgan fingerprint density at radius 1 is 1.21 bits per heavy atom. The molecule has 1 heterocycles. The van der Waals surface area contributed by atoms with Crippen LogP contribution in [0.1, 0.15) is 6.92 Å². The topological polar surface area (TPSA) is 69.0 Å². The van der Waals surface area contributed by atoms with Crippen molar-refractivity contribution >= 4 is 23.4 Å². The molecule has 0 saturated carbocycles. The van der Waals surface area contributed by atoms with E-state index in [9.17, 15) is 4.79 Å². The van der Waals surface area contributed by atoms with Crippen molar-refractivity contribution in [3.63, 3.8) is 0 Å². The normalized spacial score (nSPS) is 11.6. The molecule has 28 heavy (non-hydrogen) atoms. The van der Waals surface area contributed by atoms with E-state index in [2.05, 4.69) is 22.1 Å². The predicted molar refractivity (Wildman–Crippen MR) is 113 cm³/mol. The molecule has 0 saturated heterocycles. The molecule has 0 aliphatic heterocycles. The van der Waals surface area contributed by atoms with Crippen LogP contribution in [-0.2, 0) is 11.3 Å². The predicted octanol–water partition coefficient (Wildman–Crippen LogP) is 4.26. The molecule has 0 aliphatic rings. The highest BCUT2D eigenvalue weighted by Gasteiger charge is 2.21. The van der Waals surface area contributed by atoms with Gasteiger partial charge in [0.2, 0.25) is 5.91 Å². The summed E-state index contributed by atoms with van der Waals surface area (Å²) in [5.74, 6) is 1.23. The first kappa shape index (κ1) is 19.7. The fourth-order valence-electron chi connectivity index (χ4n) is 2.66. The van der Waals surface area contributed by atoms with E-state index in [0.717, 1.165) is 11.4 Å². The zero-order valence-corrected chi connectivity index (χ0v) is 16.6. The Morgan fingerprint density at radius 3 is 2.64 bits per heavy atom. The molecule has 1 aromatic heterocycles. The van der Waals surface area contributed by atoms with Gasteiger partial charge in [0.25, 0.3) is 0 Å². The maximum absolute atomic E-state index is 12.7. The Balaban J connectivity index is 1.78. The highest BCUT2D eigenvalue weighted by atomic mass is 32.2. The van der Waals surface area contributed by atoms with Crippen LogP contribution in [0.2, 0.25) is 0 Å². The SMILES string of the molecule is C=CCn1c(S[C@@H](C)C(=O)Nc2ccccc2OC)nnc1-c1ccccc1. The fraction of sp³-hybridized carbons (Fsp3) is 0.190. The van der Waals surface area contributed by atoms with Crippen molar-refractivity contribution in [2.75, 3.05) is 12.4 Å². The van der Waals surface area contributed by atoms with Crippen molar-refractivity contribution in [2.45, 2.75) is 23.9 Å². The van der Waals surface area contributed by atoms with Crippen LogP contribution in [0.3, 0.4) is 0 Å². The number of amides is 1. The quantitative estimate of drug-likeness (QED) is 0.457. The molecule has 0 fully saturated rings. The Labute approximate surface area is 168 Å². The molecule has 3 rings (SSSR count). The van der Waals surface area contributed by atoms with Gasteiger partial charge in [-0.05, 0) is 19.1 Å². The lowest BCUT2D eigenvalue weighted by Gasteiger charge is -2.14. The zero-order valence-electron chi connectivity index (χ0n) is 15.8. The number of para-hydroxylation sites is 2. The summed E-state index contributed by atoms with van der Waals surface area (Å²) in [6.45, 7) is 6.22. The molecule has 0 radical (unpaired) electrons. The van der Waals surface area contributed by atoms with E-state index in [-0.39, 0.29) is 11.2 Å². The zero-order chi connectivity index (χ0) is 19.9. The molecule has 1 amide bonds. The van der Waals surface area contributed by atoms with Gasteiger partial charge in [-0.15, -0.1) is 16.8 Å². The van der Waals surface area contributed by atoms with Crippen molar-refractivity contribution < 1.29 is 9.53 Å². The summed E-state index contributed by atoms with van der Waals surface area (Å²) in [5, 5.41) is 11.8. The number of nitrogens with zero attached hydrogens (tertiary/aromatic N) is 3. The van der Waals surface area contributed by atoms with E-state index < -0.39 is 0 Å². The first-order valence-electron chi connectivity index (χ1n) is 8.84. The summed E-state index contributed by atoms with van der Waals surface area (Å²) < 4.78 is 7.25. The second kappa shape index (κ2) is 9.23. The van der Waals surface area contributed by atoms with E-state index in [1.165, 1.54) is 11.8 Å². The Hall–Kier alpha value is -3.06. The van der Waals surface area contributed by atoms with Crippen molar-refractivity contribution in [3.05, 3.63) is 67.3 Å². The number of carbonyl (C=O) groups is 1. The third kappa shape index (κ3) is 4.43. The van der Waals surface area contributed by atoms with E-state index in [1.54, 1.807) is 19.3 Å². The number of aromatic nitrogens is 3. The van der Waals surface area contributed by atoms with Gasteiger partial charge in [0.15, 0.2) is 11.0 Å². The monoisotopic (exact) mass is 394 g/mol. The lowest BCUT2D eigenvalue weighted by atomic mass is 10.2. The lowest BCUT2D eigenvalue weighted by Crippen LogP contribution is -2.23. The van der Waals surface area contributed by atoms with E-state index in [0.29, 0.717) is 23.1 Å². The molecule has 144 valence electrons. The molecule has 6 nitrogen and oxygen atoms in total. The van der Waals surface area contributed by atoms with E-state index >= 15 is 0 Å². The number of rotatable bonds is 8. The second-order valence-corrected chi connectivity index (χ2v) is 7.33. The maximum atomic E-state index is 12.7. The lowest BCUT2D eigenvalue weighted by molar-refractivity contribution is -0.115. The summed E-state index contributed by atoms with van der Waals surface area (Å²) in [7, 11) is 1.58. The van der Waals surface area contributed by atoms with Gasteiger partial charge in [-0.25, -0.2) is 0 Å². The second-order valence-electron chi connectivity index (χ2n) is 6.02.